The number of nitrogens with zero attached hydrogens (tertiary/aromatic N) is 2. The predicted octanol–water partition coefficient (Wildman–Crippen LogP) is 5.60. The van der Waals surface area contributed by atoms with Crippen molar-refractivity contribution in [3.8, 4) is 11.5 Å². The van der Waals surface area contributed by atoms with Gasteiger partial charge in [-0.3, -0.25) is 4.79 Å². The predicted molar refractivity (Wildman–Crippen MR) is 137 cm³/mol. The fourth-order valence-electron chi connectivity index (χ4n) is 3.47. The molecular weight excluding hydrogens is 434 g/mol. The van der Waals surface area contributed by atoms with Gasteiger partial charge in [-0.1, -0.05) is 62.9 Å². The van der Waals surface area contributed by atoms with Gasteiger partial charge in [0, 0.05) is 0 Å². The van der Waals surface area contributed by atoms with E-state index in [1.807, 2.05) is 48.5 Å². The molecule has 3 rings (SSSR count). The van der Waals surface area contributed by atoms with Crippen LogP contribution in [0, 0.1) is 0 Å². The van der Waals surface area contributed by atoms with Crippen molar-refractivity contribution in [2.24, 2.45) is 10.2 Å². The van der Waals surface area contributed by atoms with Gasteiger partial charge in [0.25, 0.3) is 0 Å². The molecule has 176 valence electrons. The van der Waals surface area contributed by atoms with Crippen molar-refractivity contribution in [2.45, 2.75) is 57.1 Å². The minimum absolute atomic E-state index is 0.0522. The molecule has 1 N–H and O–H groups in total. The van der Waals surface area contributed by atoms with E-state index in [9.17, 15) is 4.79 Å². The van der Waals surface area contributed by atoms with E-state index in [1.54, 1.807) is 13.3 Å². The number of hydrogen-bond donors (Lipinski definition) is 1. The van der Waals surface area contributed by atoms with Crippen LogP contribution in [0.5, 0.6) is 11.5 Å². The number of unbranched alkanes of at least 4 members (excludes halogenated alkanes) is 5. The highest BCUT2D eigenvalue weighted by molar-refractivity contribution is 8.15. The van der Waals surface area contributed by atoms with Crippen LogP contribution in [-0.4, -0.2) is 36.3 Å². The summed E-state index contributed by atoms with van der Waals surface area (Å²) in [6.07, 6.45) is 9.80. The molecule has 7 heteroatoms. The average molecular weight is 468 g/mol. The zero-order chi connectivity index (χ0) is 23.3. The minimum atomic E-state index is -0.228. The van der Waals surface area contributed by atoms with Crippen molar-refractivity contribution in [2.75, 3.05) is 13.7 Å². The topological polar surface area (TPSA) is 72.3 Å². The molecular formula is C26H33N3O3S. The van der Waals surface area contributed by atoms with Crippen LogP contribution in [0.4, 0.5) is 0 Å². The van der Waals surface area contributed by atoms with Gasteiger partial charge >= 0.3 is 0 Å². The van der Waals surface area contributed by atoms with E-state index in [1.165, 1.54) is 43.9 Å². The summed E-state index contributed by atoms with van der Waals surface area (Å²) < 4.78 is 11.1. The smallest absolute Gasteiger partial charge is 0.239 e. The third kappa shape index (κ3) is 8.57. The lowest BCUT2D eigenvalue weighted by Crippen LogP contribution is -2.25. The van der Waals surface area contributed by atoms with Gasteiger partial charge in [0.2, 0.25) is 5.91 Å². The van der Waals surface area contributed by atoms with Crippen molar-refractivity contribution in [1.82, 2.24) is 5.32 Å². The van der Waals surface area contributed by atoms with Crippen LogP contribution in [0.15, 0.2) is 58.7 Å². The molecule has 33 heavy (non-hydrogen) atoms. The van der Waals surface area contributed by atoms with Crippen molar-refractivity contribution in [1.29, 1.82) is 0 Å². The van der Waals surface area contributed by atoms with E-state index in [2.05, 4.69) is 22.4 Å². The lowest BCUT2D eigenvalue weighted by atomic mass is 10.1. The molecule has 0 aromatic heterocycles. The number of carbonyl (C=O) groups excluding carboxylic acids is 1. The highest BCUT2D eigenvalue weighted by Gasteiger charge is 2.30. The van der Waals surface area contributed by atoms with Crippen LogP contribution < -0.4 is 14.8 Å². The summed E-state index contributed by atoms with van der Waals surface area (Å²) in [5, 5.41) is 11.4. The molecule has 1 atom stereocenters. The summed E-state index contributed by atoms with van der Waals surface area (Å²) in [6.45, 7) is 2.98. The Morgan fingerprint density at radius 1 is 1.03 bits per heavy atom. The first-order chi connectivity index (χ1) is 16.2. The summed E-state index contributed by atoms with van der Waals surface area (Å²) in [4.78, 5) is 12.3. The number of thioether (sulfide) groups is 1. The molecule has 1 heterocycles. The zero-order valence-corrected chi connectivity index (χ0v) is 20.3. The quantitative estimate of drug-likeness (QED) is 0.236. The molecule has 0 spiro atoms. The number of hydrogen-bond acceptors (Lipinski definition) is 6. The number of rotatable bonds is 13. The molecule has 0 bridgehead atoms. The monoisotopic (exact) mass is 467 g/mol. The summed E-state index contributed by atoms with van der Waals surface area (Å²) >= 11 is 1.40. The van der Waals surface area contributed by atoms with E-state index in [0.717, 1.165) is 35.7 Å². The first kappa shape index (κ1) is 24.8. The molecule has 2 aromatic carbocycles. The number of amidine groups is 1. The lowest BCUT2D eigenvalue weighted by Gasteiger charge is -2.07. The maximum Gasteiger partial charge on any atom is 0.239 e. The van der Waals surface area contributed by atoms with Crippen molar-refractivity contribution >= 4 is 29.1 Å². The molecule has 0 saturated carbocycles. The highest BCUT2D eigenvalue weighted by Crippen LogP contribution is 2.25. The highest BCUT2D eigenvalue weighted by atomic mass is 32.2. The Morgan fingerprint density at radius 3 is 2.61 bits per heavy atom. The Labute approximate surface area is 200 Å². The number of methoxy groups -OCH3 is 1. The van der Waals surface area contributed by atoms with Crippen LogP contribution >= 0.6 is 11.8 Å². The maximum absolute atomic E-state index is 12.3. The number of amides is 1. The molecule has 1 aliphatic heterocycles. The number of benzene rings is 2. The molecule has 0 unspecified atom stereocenters. The zero-order valence-electron chi connectivity index (χ0n) is 19.5. The fourth-order valence-corrected chi connectivity index (χ4v) is 4.44. The number of ether oxygens (including phenoxy) is 2. The standard InChI is InChI=1S/C26H33N3O3S/c1-3-4-5-6-7-8-16-32-22-14-12-20(13-15-22)19-27-29-26-28-25(30)24(33-26)18-21-10-9-11-23(17-21)31-2/h9-15,17,19,24H,3-8,16,18H2,1-2H3,(H,28,29,30)/b27-19-/t24-/m1/s1. The van der Waals surface area contributed by atoms with Gasteiger partial charge in [-0.25, -0.2) is 0 Å². The Bertz CT molecular complexity index is 944. The average Bonchev–Trinajstić information content (AvgIpc) is 3.18. The fraction of sp³-hybridized carbons (Fsp3) is 0.423. The molecule has 0 radical (unpaired) electrons. The SMILES string of the molecule is CCCCCCCCOc1ccc(/C=N\N=C2/NC(=O)[C@@H](Cc3cccc(OC)c3)S2)cc1. The van der Waals surface area contributed by atoms with E-state index in [0.29, 0.717) is 11.6 Å². The maximum atomic E-state index is 12.3. The Hall–Kier alpha value is -2.80. The summed E-state index contributed by atoms with van der Waals surface area (Å²) in [7, 11) is 1.63. The van der Waals surface area contributed by atoms with E-state index < -0.39 is 0 Å². The Balaban J connectivity index is 1.42. The molecule has 1 amide bonds. The first-order valence-electron chi connectivity index (χ1n) is 11.6. The van der Waals surface area contributed by atoms with Crippen molar-refractivity contribution < 1.29 is 14.3 Å². The summed E-state index contributed by atoms with van der Waals surface area (Å²) in [5.74, 6) is 1.60. The van der Waals surface area contributed by atoms with Crippen molar-refractivity contribution in [3.05, 3.63) is 59.7 Å². The second kappa shape index (κ2) is 13.7. The van der Waals surface area contributed by atoms with Crippen LogP contribution in [0.2, 0.25) is 0 Å². The molecule has 1 aliphatic rings. The first-order valence-corrected chi connectivity index (χ1v) is 12.5. The van der Waals surface area contributed by atoms with Crippen LogP contribution in [0.3, 0.4) is 0 Å². The second-order valence-corrected chi connectivity index (χ2v) is 9.18. The largest absolute Gasteiger partial charge is 0.497 e. The van der Waals surface area contributed by atoms with E-state index >= 15 is 0 Å². The second-order valence-electron chi connectivity index (χ2n) is 7.99. The van der Waals surface area contributed by atoms with Gasteiger partial charge in [0.1, 0.15) is 11.5 Å². The summed E-state index contributed by atoms with van der Waals surface area (Å²) in [6, 6.07) is 15.5. The third-order valence-corrected chi connectivity index (χ3v) is 6.41. The van der Waals surface area contributed by atoms with Crippen molar-refractivity contribution in [3.63, 3.8) is 0 Å². The van der Waals surface area contributed by atoms with E-state index in [-0.39, 0.29) is 11.2 Å². The minimum Gasteiger partial charge on any atom is -0.497 e. The van der Waals surface area contributed by atoms with Gasteiger partial charge in [0.05, 0.1) is 25.2 Å². The number of carbonyl (C=O) groups is 1. The Kier molecular flexibility index (Phi) is 10.3. The van der Waals surface area contributed by atoms with Gasteiger partial charge in [0.15, 0.2) is 5.17 Å². The van der Waals surface area contributed by atoms with Gasteiger partial charge < -0.3 is 14.8 Å². The molecule has 6 nitrogen and oxygen atoms in total. The molecule has 1 fully saturated rings. The van der Waals surface area contributed by atoms with E-state index in [4.69, 9.17) is 9.47 Å². The number of nitrogens with one attached hydrogen (secondary N) is 1. The molecule has 1 saturated heterocycles. The molecule has 2 aromatic rings. The summed E-state index contributed by atoms with van der Waals surface area (Å²) in [5.41, 5.74) is 1.97. The van der Waals surface area contributed by atoms with Crippen LogP contribution in [0.1, 0.15) is 56.6 Å². The third-order valence-electron chi connectivity index (χ3n) is 5.33. The Morgan fingerprint density at radius 2 is 1.82 bits per heavy atom. The van der Waals surface area contributed by atoms with Crippen LogP contribution in [0.25, 0.3) is 0 Å². The van der Waals surface area contributed by atoms with Crippen LogP contribution in [-0.2, 0) is 11.2 Å². The molecule has 0 aliphatic carbocycles. The van der Waals surface area contributed by atoms with Gasteiger partial charge in [-0.15, -0.1) is 5.10 Å². The van der Waals surface area contributed by atoms with Gasteiger partial charge in [-0.2, -0.15) is 5.10 Å². The van der Waals surface area contributed by atoms with Gasteiger partial charge in [-0.05, 0) is 60.4 Å². The normalized spacial score (nSPS) is 17.0. The lowest BCUT2D eigenvalue weighted by molar-refractivity contribution is -0.118.